The molecule has 7 nitrogen and oxygen atoms in total. The van der Waals surface area contributed by atoms with Crippen LogP contribution in [-0.4, -0.2) is 34.4 Å². The highest BCUT2D eigenvalue weighted by Gasteiger charge is 2.28. The largest absolute Gasteiger partial charge is 0.504 e. The van der Waals surface area contributed by atoms with Crippen LogP contribution in [0.4, 0.5) is 11.7 Å². The summed E-state index contributed by atoms with van der Waals surface area (Å²) in [4.78, 5) is 22.8. The smallest absolute Gasteiger partial charge is 0.345 e. The van der Waals surface area contributed by atoms with Crippen LogP contribution in [0.1, 0.15) is 26.6 Å². The van der Waals surface area contributed by atoms with E-state index in [9.17, 15) is 15.0 Å². The molecule has 1 aliphatic heterocycles. The SMILES string of the molecule is CN(Cc1cccs1)c1oc(C=C2C=Nc3ncccc32)c(O)c1C(=O)O. The van der Waals surface area contributed by atoms with Crippen LogP contribution in [0.15, 0.2) is 45.3 Å². The van der Waals surface area contributed by atoms with Crippen molar-refractivity contribution >= 4 is 46.9 Å². The number of carboxylic acid groups (broad SMARTS) is 1. The van der Waals surface area contributed by atoms with Gasteiger partial charge >= 0.3 is 5.97 Å². The molecule has 0 saturated heterocycles. The molecule has 3 aromatic rings. The molecule has 0 unspecified atom stereocenters. The number of nitrogens with zero attached hydrogens (tertiary/aromatic N) is 3. The Morgan fingerprint density at radius 3 is 2.96 bits per heavy atom. The Morgan fingerprint density at radius 1 is 1.37 bits per heavy atom. The Balaban J connectivity index is 1.74. The van der Waals surface area contributed by atoms with Crippen molar-refractivity contribution < 1.29 is 19.4 Å². The first-order chi connectivity index (χ1) is 13.0. The van der Waals surface area contributed by atoms with Crippen LogP contribution >= 0.6 is 11.3 Å². The molecule has 0 spiro atoms. The minimum Gasteiger partial charge on any atom is -0.504 e. The number of pyridine rings is 1. The number of aliphatic imine (C=N–C) groups is 1. The van der Waals surface area contributed by atoms with Crippen molar-refractivity contribution in [3.63, 3.8) is 0 Å². The maximum atomic E-state index is 11.7. The van der Waals surface area contributed by atoms with Crippen LogP contribution in [0.3, 0.4) is 0 Å². The molecule has 1 aliphatic rings. The Bertz CT molecular complexity index is 1070. The second kappa shape index (κ2) is 6.73. The number of hydrogen-bond donors (Lipinski definition) is 2. The van der Waals surface area contributed by atoms with Crippen molar-refractivity contribution in [2.24, 2.45) is 4.99 Å². The summed E-state index contributed by atoms with van der Waals surface area (Å²) in [7, 11) is 1.72. The van der Waals surface area contributed by atoms with E-state index in [4.69, 9.17) is 4.42 Å². The van der Waals surface area contributed by atoms with Crippen LogP contribution in [0.2, 0.25) is 0 Å². The van der Waals surface area contributed by atoms with Gasteiger partial charge in [0.15, 0.2) is 22.9 Å². The topological polar surface area (TPSA) is 99.2 Å². The summed E-state index contributed by atoms with van der Waals surface area (Å²) < 4.78 is 5.74. The van der Waals surface area contributed by atoms with Crippen molar-refractivity contribution in [3.8, 4) is 5.75 Å². The normalized spacial score (nSPS) is 13.9. The number of rotatable bonds is 5. The molecular weight excluding hydrogens is 366 g/mol. The third-order valence-electron chi connectivity index (χ3n) is 4.13. The Labute approximate surface area is 158 Å². The minimum absolute atomic E-state index is 0.0681. The van der Waals surface area contributed by atoms with E-state index in [1.807, 2.05) is 23.6 Å². The number of aromatic hydroxyl groups is 1. The minimum atomic E-state index is -1.25. The fraction of sp³-hybridized carbons (Fsp3) is 0.105. The van der Waals surface area contributed by atoms with Gasteiger partial charge in [0.25, 0.3) is 0 Å². The summed E-state index contributed by atoms with van der Waals surface area (Å²) in [6.45, 7) is 0.467. The highest BCUT2D eigenvalue weighted by Crippen LogP contribution is 2.39. The van der Waals surface area contributed by atoms with E-state index in [0.717, 1.165) is 10.4 Å². The summed E-state index contributed by atoms with van der Waals surface area (Å²) in [5.74, 6) is -0.923. The quantitative estimate of drug-likeness (QED) is 0.692. The van der Waals surface area contributed by atoms with Crippen molar-refractivity contribution in [1.29, 1.82) is 0 Å². The van der Waals surface area contributed by atoms with Gasteiger partial charge in [-0.2, -0.15) is 0 Å². The number of hydrogen-bond acceptors (Lipinski definition) is 7. The first-order valence-corrected chi connectivity index (χ1v) is 8.96. The summed E-state index contributed by atoms with van der Waals surface area (Å²) in [5, 5.41) is 22.0. The van der Waals surface area contributed by atoms with Gasteiger partial charge in [0.2, 0.25) is 5.88 Å². The number of allylic oxidation sites excluding steroid dienone is 1. The van der Waals surface area contributed by atoms with Crippen LogP contribution in [0.5, 0.6) is 5.75 Å². The molecule has 0 atom stereocenters. The molecule has 2 N–H and O–H groups in total. The van der Waals surface area contributed by atoms with Gasteiger partial charge in [0.1, 0.15) is 0 Å². The third kappa shape index (κ3) is 3.11. The molecule has 0 fully saturated rings. The zero-order chi connectivity index (χ0) is 19.0. The van der Waals surface area contributed by atoms with Crippen LogP contribution in [-0.2, 0) is 6.54 Å². The molecule has 8 heteroatoms. The van der Waals surface area contributed by atoms with Crippen molar-refractivity contribution in [1.82, 2.24) is 4.98 Å². The average Bonchev–Trinajstić information content (AvgIpc) is 3.36. The zero-order valence-electron chi connectivity index (χ0n) is 14.3. The Hall–Kier alpha value is -3.39. The Morgan fingerprint density at radius 2 is 2.22 bits per heavy atom. The standard InChI is InChI=1S/C19H15N3O4S/c1-22(10-12-4-3-7-27-12)18-15(19(24)25)16(23)14(26-18)8-11-9-21-17-13(11)5-2-6-20-17/h2-9,23H,10H2,1H3,(H,24,25). The number of fused-ring (bicyclic) bond motifs is 1. The molecule has 27 heavy (non-hydrogen) atoms. The summed E-state index contributed by atoms with van der Waals surface area (Å²) in [5.41, 5.74) is 1.22. The fourth-order valence-corrected chi connectivity index (χ4v) is 3.63. The molecule has 0 aliphatic carbocycles. The molecule has 136 valence electrons. The van der Waals surface area contributed by atoms with Crippen LogP contribution in [0.25, 0.3) is 11.6 Å². The van der Waals surface area contributed by atoms with E-state index in [1.165, 1.54) is 0 Å². The van der Waals surface area contributed by atoms with Crippen molar-refractivity contribution in [3.05, 3.63) is 57.6 Å². The molecule has 0 radical (unpaired) electrons. The zero-order valence-corrected chi connectivity index (χ0v) is 15.1. The lowest BCUT2D eigenvalue weighted by Crippen LogP contribution is -2.17. The lowest BCUT2D eigenvalue weighted by atomic mass is 10.1. The van der Waals surface area contributed by atoms with E-state index >= 15 is 0 Å². The van der Waals surface area contributed by atoms with E-state index < -0.39 is 11.7 Å². The van der Waals surface area contributed by atoms with Gasteiger partial charge in [-0.15, -0.1) is 11.3 Å². The first-order valence-electron chi connectivity index (χ1n) is 8.08. The number of thiophene rings is 1. The predicted octanol–water partition coefficient (Wildman–Crippen LogP) is 4.03. The van der Waals surface area contributed by atoms with Crippen molar-refractivity contribution in [2.75, 3.05) is 11.9 Å². The number of furan rings is 1. The highest BCUT2D eigenvalue weighted by atomic mass is 32.1. The first kappa shape index (κ1) is 17.0. The maximum absolute atomic E-state index is 11.7. The van der Waals surface area contributed by atoms with Gasteiger partial charge in [-0.05, 0) is 29.7 Å². The summed E-state index contributed by atoms with van der Waals surface area (Å²) >= 11 is 1.56. The number of carbonyl (C=O) groups is 1. The molecule has 0 saturated carbocycles. The monoisotopic (exact) mass is 381 g/mol. The van der Waals surface area contributed by atoms with E-state index in [1.54, 1.807) is 47.8 Å². The van der Waals surface area contributed by atoms with Gasteiger partial charge in [-0.1, -0.05) is 6.07 Å². The van der Waals surface area contributed by atoms with E-state index in [0.29, 0.717) is 17.9 Å². The molecule has 3 aromatic heterocycles. The van der Waals surface area contributed by atoms with Crippen LogP contribution < -0.4 is 4.90 Å². The summed E-state index contributed by atoms with van der Waals surface area (Å²) in [6, 6.07) is 7.51. The van der Waals surface area contributed by atoms with Gasteiger partial charge < -0.3 is 19.5 Å². The van der Waals surface area contributed by atoms with Crippen LogP contribution in [0, 0.1) is 0 Å². The molecule has 0 aromatic carbocycles. The molecule has 0 amide bonds. The lowest BCUT2D eigenvalue weighted by molar-refractivity contribution is 0.0694. The van der Waals surface area contributed by atoms with E-state index in [-0.39, 0.29) is 17.2 Å². The number of aromatic carboxylic acids is 1. The van der Waals surface area contributed by atoms with E-state index in [2.05, 4.69) is 9.98 Å². The second-order valence-electron chi connectivity index (χ2n) is 5.97. The molecular formula is C19H15N3O4S. The number of carboxylic acids is 1. The molecule has 4 rings (SSSR count). The maximum Gasteiger partial charge on any atom is 0.345 e. The van der Waals surface area contributed by atoms with Gasteiger partial charge in [-0.3, -0.25) is 0 Å². The lowest BCUT2D eigenvalue weighted by Gasteiger charge is -2.15. The van der Waals surface area contributed by atoms with Gasteiger partial charge in [0, 0.05) is 35.5 Å². The molecule has 4 heterocycles. The number of aromatic nitrogens is 1. The Kier molecular flexibility index (Phi) is 4.25. The average molecular weight is 381 g/mol. The third-order valence-corrected chi connectivity index (χ3v) is 5.00. The fourth-order valence-electron chi connectivity index (χ4n) is 2.88. The van der Waals surface area contributed by atoms with Gasteiger partial charge in [-0.25, -0.2) is 14.8 Å². The second-order valence-corrected chi connectivity index (χ2v) is 7.00. The highest BCUT2D eigenvalue weighted by molar-refractivity contribution is 7.09. The van der Waals surface area contributed by atoms with Crippen molar-refractivity contribution in [2.45, 2.75) is 6.54 Å². The van der Waals surface area contributed by atoms with Gasteiger partial charge in [0.05, 0.1) is 6.54 Å². The summed E-state index contributed by atoms with van der Waals surface area (Å²) in [6.07, 6.45) is 4.82. The predicted molar refractivity (Wildman–Crippen MR) is 104 cm³/mol. The number of anilines is 1. The molecule has 0 bridgehead atoms.